The monoisotopic (exact) mass is 749 g/mol. The van der Waals surface area contributed by atoms with E-state index >= 15 is 0 Å². The molecule has 0 radical (unpaired) electrons. The minimum atomic E-state index is -0.796. The molecule has 11 rings (SSSR count). The molecular weight excluding hydrogens is 701 g/mol. The van der Waals surface area contributed by atoms with Gasteiger partial charge in [0.1, 0.15) is 0 Å². The van der Waals surface area contributed by atoms with Gasteiger partial charge in [-0.3, -0.25) is 28.8 Å². The Labute approximate surface area is 309 Å². The van der Waals surface area contributed by atoms with Gasteiger partial charge in [0, 0.05) is 55.5 Å². The van der Waals surface area contributed by atoms with Crippen LogP contribution in [0.2, 0.25) is 0 Å². The Morgan fingerprint density at radius 2 is 0.560 bits per heavy atom. The first-order valence-electron chi connectivity index (χ1n) is 19.2. The fourth-order valence-corrected chi connectivity index (χ4v) is 14.6. The maximum atomic E-state index is 13.9. The molecule has 3 heterocycles. The second kappa shape index (κ2) is 12.2. The normalized spacial score (nSPS) is 43.6. The van der Waals surface area contributed by atoms with E-state index in [9.17, 15) is 28.8 Å². The minimum Gasteiger partial charge on any atom is -0.342 e. The van der Waals surface area contributed by atoms with E-state index in [-0.39, 0.29) is 23.6 Å². The van der Waals surface area contributed by atoms with Crippen LogP contribution in [-0.4, -0.2) is 87.4 Å². The van der Waals surface area contributed by atoms with Crippen LogP contribution in [0.15, 0.2) is 0 Å². The van der Waals surface area contributed by atoms with Crippen molar-refractivity contribution >= 4 is 68.3 Å². The van der Waals surface area contributed by atoms with Crippen LogP contribution in [0, 0.1) is 44.3 Å². The van der Waals surface area contributed by atoms with E-state index in [1.165, 1.54) is 0 Å². The van der Waals surface area contributed by atoms with Crippen LogP contribution in [0.5, 0.6) is 0 Å². The standard InChI is InChI=1S/C25H37N3O3.C13H13Cl3O3/c29-20(26-7-1-2-8-26)23-13-19-14-24(16-23,21(30)27-9-3-4-10-27)18-25(15-19,17-23)22(31)28-11-5-6-12-28;14-8(17)11-1-7-2-12(4-11,9(15)18)6-13(3-7,5-11)10(16)19/h19H,1-18H2;7H,1-6H2. The van der Waals surface area contributed by atoms with E-state index in [0.29, 0.717) is 63.7 Å². The molecule has 8 saturated carbocycles. The molecule has 9 nitrogen and oxygen atoms in total. The fourth-order valence-electron chi connectivity index (χ4n) is 14.0. The van der Waals surface area contributed by atoms with Gasteiger partial charge in [-0.2, -0.15) is 0 Å². The number of likely N-dealkylation sites (tertiary alicyclic amines) is 3. The van der Waals surface area contributed by atoms with Gasteiger partial charge in [0.15, 0.2) is 0 Å². The Hall–Kier alpha value is -1.71. The summed E-state index contributed by atoms with van der Waals surface area (Å²) in [5.41, 5.74) is -3.86. The number of nitrogens with zero attached hydrogens (tertiary/aromatic N) is 3. The van der Waals surface area contributed by atoms with Crippen LogP contribution < -0.4 is 0 Å². The highest BCUT2D eigenvalue weighted by Gasteiger charge is 2.72. The predicted molar refractivity (Wildman–Crippen MR) is 187 cm³/mol. The van der Waals surface area contributed by atoms with Crippen LogP contribution in [0.25, 0.3) is 0 Å². The van der Waals surface area contributed by atoms with Crippen molar-refractivity contribution < 1.29 is 28.8 Å². The molecule has 12 heteroatoms. The summed E-state index contributed by atoms with van der Waals surface area (Å²) in [6.07, 6.45) is 14.3. The van der Waals surface area contributed by atoms with Gasteiger partial charge in [-0.25, -0.2) is 0 Å². The molecule has 11 aliphatic rings. The highest BCUT2D eigenvalue weighted by atomic mass is 35.5. The van der Waals surface area contributed by atoms with Gasteiger partial charge >= 0.3 is 0 Å². The molecule has 0 atom stereocenters. The summed E-state index contributed by atoms with van der Waals surface area (Å²) in [6, 6.07) is 0. The molecular formula is C38H50Cl3N3O6. The summed E-state index contributed by atoms with van der Waals surface area (Å²) in [6.45, 7) is 5.12. The molecule has 0 aromatic carbocycles. The second-order valence-electron chi connectivity index (χ2n) is 18.5. The minimum absolute atomic E-state index is 0.129. The van der Waals surface area contributed by atoms with Gasteiger partial charge in [-0.15, -0.1) is 0 Å². The van der Waals surface area contributed by atoms with E-state index in [4.69, 9.17) is 34.8 Å². The maximum absolute atomic E-state index is 13.9. The van der Waals surface area contributed by atoms with E-state index in [2.05, 4.69) is 14.7 Å². The lowest BCUT2D eigenvalue weighted by Crippen LogP contribution is -2.67. The molecule has 3 aliphatic heterocycles. The summed E-state index contributed by atoms with van der Waals surface area (Å²) < 4.78 is 0. The first kappa shape index (κ1) is 35.3. The topological polar surface area (TPSA) is 112 Å². The molecule has 0 N–H and O–H groups in total. The highest BCUT2D eigenvalue weighted by molar-refractivity contribution is 6.67. The summed E-state index contributed by atoms with van der Waals surface area (Å²) in [7, 11) is 0. The number of amides is 3. The average Bonchev–Trinajstić information content (AvgIpc) is 3.87. The highest BCUT2D eigenvalue weighted by Crippen LogP contribution is 2.72. The fraction of sp³-hybridized carbons (Fsp3) is 0.842. The maximum Gasteiger partial charge on any atom is 0.228 e. The van der Waals surface area contributed by atoms with E-state index < -0.39 is 48.2 Å². The lowest BCUT2D eigenvalue weighted by molar-refractivity contribution is -0.199. The van der Waals surface area contributed by atoms with Crippen molar-refractivity contribution in [3.63, 3.8) is 0 Å². The molecule has 0 spiro atoms. The van der Waals surface area contributed by atoms with Crippen LogP contribution in [0.1, 0.15) is 116 Å². The summed E-state index contributed by atoms with van der Waals surface area (Å²) in [4.78, 5) is 83.7. The van der Waals surface area contributed by atoms with Gasteiger partial charge < -0.3 is 14.7 Å². The molecule has 8 aliphatic carbocycles. The average molecular weight is 751 g/mol. The number of hydrogen-bond donors (Lipinski definition) is 0. The zero-order chi connectivity index (χ0) is 35.3. The van der Waals surface area contributed by atoms with E-state index in [1.54, 1.807) is 0 Å². The van der Waals surface area contributed by atoms with Crippen molar-refractivity contribution in [2.75, 3.05) is 39.3 Å². The van der Waals surface area contributed by atoms with Crippen LogP contribution in [0.4, 0.5) is 0 Å². The molecule has 0 aromatic heterocycles. The third-order valence-electron chi connectivity index (χ3n) is 14.9. The van der Waals surface area contributed by atoms with Gasteiger partial charge in [0.25, 0.3) is 0 Å². The molecule has 0 aromatic rings. The molecule has 8 bridgehead atoms. The van der Waals surface area contributed by atoms with Crippen molar-refractivity contribution in [3.8, 4) is 0 Å². The van der Waals surface area contributed by atoms with Crippen LogP contribution in [0.3, 0.4) is 0 Å². The molecule has 274 valence electrons. The van der Waals surface area contributed by atoms with Gasteiger partial charge in [0.05, 0.1) is 16.2 Å². The number of carbonyl (C=O) groups excluding carboxylic acids is 6. The van der Waals surface area contributed by atoms with Crippen LogP contribution in [-0.2, 0) is 28.8 Å². The zero-order valence-corrected chi connectivity index (χ0v) is 31.3. The first-order chi connectivity index (χ1) is 23.7. The molecule has 3 amide bonds. The Morgan fingerprint density at radius 1 is 0.360 bits per heavy atom. The van der Waals surface area contributed by atoms with Crippen molar-refractivity contribution in [2.24, 2.45) is 44.3 Å². The van der Waals surface area contributed by atoms with E-state index in [0.717, 1.165) is 97.1 Å². The predicted octanol–water partition coefficient (Wildman–Crippen LogP) is 6.05. The van der Waals surface area contributed by atoms with Gasteiger partial charge in [-0.05, 0) is 162 Å². The summed E-state index contributed by atoms with van der Waals surface area (Å²) >= 11 is 17.4. The number of carbonyl (C=O) groups is 6. The van der Waals surface area contributed by atoms with E-state index in [1.807, 2.05) is 0 Å². The molecule has 11 fully saturated rings. The van der Waals surface area contributed by atoms with Crippen molar-refractivity contribution in [2.45, 2.75) is 116 Å². The number of halogens is 3. The van der Waals surface area contributed by atoms with Gasteiger partial charge in [0.2, 0.25) is 33.4 Å². The Balaban J connectivity index is 0.000000163. The third kappa shape index (κ3) is 5.34. The van der Waals surface area contributed by atoms with Crippen molar-refractivity contribution in [1.82, 2.24) is 14.7 Å². The number of rotatable bonds is 6. The Morgan fingerprint density at radius 3 is 0.780 bits per heavy atom. The largest absolute Gasteiger partial charge is 0.342 e. The second-order valence-corrected chi connectivity index (χ2v) is 19.5. The Kier molecular flexibility index (Phi) is 8.59. The quantitative estimate of drug-likeness (QED) is 0.306. The molecule has 50 heavy (non-hydrogen) atoms. The molecule has 0 unspecified atom stereocenters. The first-order valence-corrected chi connectivity index (χ1v) is 20.3. The lowest BCUT2D eigenvalue weighted by atomic mass is 9.38. The molecule has 3 saturated heterocycles. The zero-order valence-electron chi connectivity index (χ0n) is 29.1. The Bertz CT molecular complexity index is 1320. The van der Waals surface area contributed by atoms with Crippen molar-refractivity contribution in [3.05, 3.63) is 0 Å². The summed E-state index contributed by atoms with van der Waals surface area (Å²) in [5, 5.41) is -1.37. The van der Waals surface area contributed by atoms with Crippen LogP contribution >= 0.6 is 34.8 Å². The number of hydrogen-bond acceptors (Lipinski definition) is 6. The van der Waals surface area contributed by atoms with Gasteiger partial charge in [-0.1, -0.05) is 0 Å². The van der Waals surface area contributed by atoms with Crippen molar-refractivity contribution in [1.29, 1.82) is 0 Å². The summed E-state index contributed by atoms with van der Waals surface area (Å²) in [5.74, 6) is 1.27. The third-order valence-corrected chi connectivity index (χ3v) is 16.1. The SMILES string of the molecule is O=C(Cl)C12CC3CC(C(=O)Cl)(C1)CC(C(=O)Cl)(C3)C2.O=C(N1CCCC1)C12CC3CC(C(=O)N4CCCC4)(C1)CC(C(=O)N1CCCC1)(C3)C2. The lowest BCUT2D eigenvalue weighted by Gasteiger charge is -2.65. The smallest absolute Gasteiger partial charge is 0.228 e.